The summed E-state index contributed by atoms with van der Waals surface area (Å²) in [5.74, 6) is 1.19. The first kappa shape index (κ1) is 14.5. The largest absolute Gasteiger partial charge is 0.480 e. The Kier molecular flexibility index (Phi) is 4.62. The molecule has 0 bridgehead atoms. The summed E-state index contributed by atoms with van der Waals surface area (Å²) >= 11 is 3.35. The molecule has 0 amide bonds. The van der Waals surface area contributed by atoms with Gasteiger partial charge in [-0.2, -0.15) is 4.98 Å². The van der Waals surface area contributed by atoms with Crippen LogP contribution in [0.1, 0.15) is 19.8 Å². The van der Waals surface area contributed by atoms with Gasteiger partial charge in [-0.3, -0.25) is 0 Å². The molecule has 1 N–H and O–H groups in total. The number of likely N-dealkylation sites (tertiary alicyclic amines) is 1. The molecule has 0 saturated carbocycles. The van der Waals surface area contributed by atoms with Gasteiger partial charge in [0.1, 0.15) is 0 Å². The lowest BCUT2D eigenvalue weighted by Gasteiger charge is -2.37. The Labute approximate surface area is 122 Å². The van der Waals surface area contributed by atoms with Gasteiger partial charge < -0.3 is 15.0 Å². The van der Waals surface area contributed by atoms with Crippen LogP contribution in [-0.4, -0.2) is 48.7 Å². The fraction of sp³-hybridized carbons (Fsp3) is 0.692. The Balaban J connectivity index is 1.95. The predicted molar refractivity (Wildman–Crippen MR) is 79.6 cm³/mol. The van der Waals surface area contributed by atoms with Gasteiger partial charge in [0.05, 0.1) is 17.8 Å². The molecule has 0 unspecified atom stereocenters. The van der Waals surface area contributed by atoms with Crippen molar-refractivity contribution in [2.24, 2.45) is 5.41 Å². The van der Waals surface area contributed by atoms with Gasteiger partial charge in [-0.15, -0.1) is 0 Å². The van der Waals surface area contributed by atoms with E-state index >= 15 is 0 Å². The maximum atomic E-state index is 5.17. The van der Waals surface area contributed by atoms with Gasteiger partial charge in [-0.25, -0.2) is 4.98 Å². The van der Waals surface area contributed by atoms with Crippen LogP contribution in [-0.2, 0) is 0 Å². The van der Waals surface area contributed by atoms with E-state index in [1.807, 2.05) is 0 Å². The average Bonchev–Trinajstić information content (AvgIpc) is 2.42. The van der Waals surface area contributed by atoms with Gasteiger partial charge in [0.25, 0.3) is 0 Å². The number of ether oxygens (including phenoxy) is 1. The van der Waals surface area contributed by atoms with E-state index in [4.69, 9.17) is 4.74 Å². The molecule has 1 aromatic rings. The SMILES string of the molecule is COc1nc(NCC2(C)CCN(C)CC2)ncc1Br. The zero-order chi connectivity index (χ0) is 13.9. The molecule has 2 rings (SSSR count). The molecule has 1 fully saturated rings. The molecule has 1 aliphatic heterocycles. The van der Waals surface area contributed by atoms with E-state index in [0.29, 0.717) is 17.2 Å². The Morgan fingerprint density at radius 2 is 2.16 bits per heavy atom. The monoisotopic (exact) mass is 328 g/mol. The third-order valence-electron chi connectivity index (χ3n) is 3.77. The fourth-order valence-corrected chi connectivity index (χ4v) is 2.56. The minimum Gasteiger partial charge on any atom is -0.480 e. The van der Waals surface area contributed by atoms with Crippen LogP contribution < -0.4 is 10.1 Å². The summed E-state index contributed by atoms with van der Waals surface area (Å²) in [5.41, 5.74) is 0.316. The smallest absolute Gasteiger partial charge is 0.232 e. The highest BCUT2D eigenvalue weighted by atomic mass is 79.9. The number of halogens is 1. The van der Waals surface area contributed by atoms with E-state index < -0.39 is 0 Å². The first-order chi connectivity index (χ1) is 9.02. The summed E-state index contributed by atoms with van der Waals surface area (Å²) in [6.07, 6.45) is 4.11. The van der Waals surface area contributed by atoms with Gasteiger partial charge in [0, 0.05) is 6.54 Å². The van der Waals surface area contributed by atoms with E-state index in [1.54, 1.807) is 13.3 Å². The molecule has 0 aromatic carbocycles. The highest BCUT2D eigenvalue weighted by Gasteiger charge is 2.28. The van der Waals surface area contributed by atoms with E-state index in [2.05, 4.69) is 50.1 Å². The van der Waals surface area contributed by atoms with Gasteiger partial charge in [0.15, 0.2) is 0 Å². The van der Waals surface area contributed by atoms with Crippen molar-refractivity contribution in [2.75, 3.05) is 39.1 Å². The Morgan fingerprint density at radius 1 is 1.47 bits per heavy atom. The summed E-state index contributed by atoms with van der Waals surface area (Å²) in [6, 6.07) is 0. The number of piperidine rings is 1. The minimum absolute atomic E-state index is 0.316. The Hall–Kier alpha value is -0.880. The molecule has 1 aromatic heterocycles. The second-order valence-corrected chi connectivity index (χ2v) is 6.37. The van der Waals surface area contributed by atoms with Crippen LogP contribution in [0.4, 0.5) is 5.95 Å². The molecule has 0 atom stereocenters. The second-order valence-electron chi connectivity index (χ2n) is 5.52. The maximum absolute atomic E-state index is 5.17. The van der Waals surface area contributed by atoms with E-state index in [1.165, 1.54) is 12.8 Å². The number of methoxy groups -OCH3 is 1. The minimum atomic E-state index is 0.316. The van der Waals surface area contributed by atoms with Gasteiger partial charge >= 0.3 is 0 Å². The standard InChI is InChI=1S/C13H21BrN4O/c1-13(4-6-18(2)7-5-13)9-16-12-15-8-10(14)11(17-12)19-3/h8H,4-7,9H2,1-3H3,(H,15,16,17). The lowest BCUT2D eigenvalue weighted by atomic mass is 9.80. The van der Waals surface area contributed by atoms with Crippen molar-refractivity contribution >= 4 is 21.9 Å². The van der Waals surface area contributed by atoms with Crippen molar-refractivity contribution in [3.8, 4) is 5.88 Å². The molecule has 0 spiro atoms. The Bertz CT molecular complexity index is 433. The number of anilines is 1. The summed E-state index contributed by atoms with van der Waals surface area (Å²) in [6.45, 7) is 5.53. The third kappa shape index (κ3) is 3.79. The summed E-state index contributed by atoms with van der Waals surface area (Å²) in [4.78, 5) is 11.0. The zero-order valence-electron chi connectivity index (χ0n) is 11.7. The highest BCUT2D eigenvalue weighted by Crippen LogP contribution is 2.30. The molecular formula is C13H21BrN4O. The molecule has 106 valence electrons. The first-order valence-corrected chi connectivity index (χ1v) is 7.31. The second kappa shape index (κ2) is 6.05. The summed E-state index contributed by atoms with van der Waals surface area (Å²) in [5, 5.41) is 3.33. The molecule has 0 aliphatic carbocycles. The molecular weight excluding hydrogens is 308 g/mol. The number of aromatic nitrogens is 2. The van der Waals surface area contributed by atoms with Crippen LogP contribution in [0.5, 0.6) is 5.88 Å². The number of nitrogens with zero attached hydrogens (tertiary/aromatic N) is 3. The topological polar surface area (TPSA) is 50.3 Å². The summed E-state index contributed by atoms with van der Waals surface area (Å²) in [7, 11) is 3.78. The quantitative estimate of drug-likeness (QED) is 0.919. The van der Waals surface area contributed by atoms with E-state index in [9.17, 15) is 0 Å². The molecule has 19 heavy (non-hydrogen) atoms. The van der Waals surface area contributed by atoms with Crippen LogP contribution >= 0.6 is 15.9 Å². The third-order valence-corrected chi connectivity index (χ3v) is 4.32. The lowest BCUT2D eigenvalue weighted by Crippen LogP contribution is -2.40. The van der Waals surface area contributed by atoms with Crippen molar-refractivity contribution in [3.05, 3.63) is 10.7 Å². The average molecular weight is 329 g/mol. The lowest BCUT2D eigenvalue weighted by molar-refractivity contribution is 0.150. The van der Waals surface area contributed by atoms with Crippen molar-refractivity contribution in [1.82, 2.24) is 14.9 Å². The summed E-state index contributed by atoms with van der Waals surface area (Å²) < 4.78 is 5.94. The van der Waals surface area contributed by atoms with Crippen LogP contribution in [0.2, 0.25) is 0 Å². The van der Waals surface area contributed by atoms with Crippen LogP contribution in [0.15, 0.2) is 10.7 Å². The molecule has 1 aliphatic rings. The highest BCUT2D eigenvalue weighted by molar-refractivity contribution is 9.10. The van der Waals surface area contributed by atoms with Crippen molar-refractivity contribution in [3.63, 3.8) is 0 Å². The van der Waals surface area contributed by atoms with Crippen LogP contribution in [0.25, 0.3) is 0 Å². The Morgan fingerprint density at radius 3 is 2.79 bits per heavy atom. The number of hydrogen-bond donors (Lipinski definition) is 1. The number of hydrogen-bond acceptors (Lipinski definition) is 5. The van der Waals surface area contributed by atoms with Gasteiger partial charge in [0.2, 0.25) is 11.8 Å². The van der Waals surface area contributed by atoms with E-state index in [-0.39, 0.29) is 0 Å². The van der Waals surface area contributed by atoms with Crippen molar-refractivity contribution in [1.29, 1.82) is 0 Å². The molecule has 5 nitrogen and oxygen atoms in total. The van der Waals surface area contributed by atoms with Crippen molar-refractivity contribution < 1.29 is 4.74 Å². The normalized spacial score (nSPS) is 19.2. The van der Waals surface area contributed by atoms with Gasteiger partial charge in [-0.05, 0) is 54.3 Å². The zero-order valence-corrected chi connectivity index (χ0v) is 13.3. The number of rotatable bonds is 4. The molecule has 0 radical (unpaired) electrons. The van der Waals surface area contributed by atoms with E-state index in [0.717, 1.165) is 24.1 Å². The number of nitrogens with one attached hydrogen (secondary N) is 1. The predicted octanol–water partition coefficient (Wildman–Crippen LogP) is 2.39. The first-order valence-electron chi connectivity index (χ1n) is 6.51. The van der Waals surface area contributed by atoms with Crippen LogP contribution in [0.3, 0.4) is 0 Å². The van der Waals surface area contributed by atoms with Gasteiger partial charge in [-0.1, -0.05) is 6.92 Å². The fourth-order valence-electron chi connectivity index (χ4n) is 2.21. The molecule has 6 heteroatoms. The maximum Gasteiger partial charge on any atom is 0.232 e. The van der Waals surface area contributed by atoms with Crippen LogP contribution in [0, 0.1) is 5.41 Å². The van der Waals surface area contributed by atoms with Crippen molar-refractivity contribution in [2.45, 2.75) is 19.8 Å². The molecule has 1 saturated heterocycles. The molecule has 2 heterocycles.